The van der Waals surface area contributed by atoms with Gasteiger partial charge >= 0.3 is 0 Å². The highest BCUT2D eigenvalue weighted by Gasteiger charge is 2.35. The zero-order chi connectivity index (χ0) is 18.0. The molecular weight excluding hydrogens is 319 g/mol. The number of hydrogen-bond donors (Lipinski definition) is 0. The summed E-state index contributed by atoms with van der Waals surface area (Å²) >= 11 is 0. The average molecular weight is 344 g/mol. The van der Waals surface area contributed by atoms with Gasteiger partial charge in [0, 0.05) is 64.3 Å². The maximum Gasteiger partial charge on any atom is 0.219 e. The average Bonchev–Trinajstić information content (AvgIpc) is 2.97. The highest BCUT2D eigenvalue weighted by atomic mass is 19.1. The van der Waals surface area contributed by atoms with Crippen LogP contribution in [0.1, 0.15) is 25.0 Å². The molecular formula is C19H25FN4O. The summed E-state index contributed by atoms with van der Waals surface area (Å²) in [5.41, 5.74) is 1.01. The van der Waals surface area contributed by atoms with E-state index in [0.717, 1.165) is 39.3 Å². The fourth-order valence-electron chi connectivity index (χ4n) is 4.01. The second kappa shape index (κ2) is 7.51. The largest absolute Gasteiger partial charge is 0.340 e. The number of halogens is 1. The second-order valence-electron chi connectivity index (χ2n) is 7.20. The summed E-state index contributed by atoms with van der Waals surface area (Å²) in [6.45, 7) is 9.72. The number of nitrogens with zero attached hydrogens (tertiary/aromatic N) is 4. The molecule has 1 amide bonds. The van der Waals surface area contributed by atoms with Crippen molar-refractivity contribution in [1.29, 1.82) is 5.26 Å². The van der Waals surface area contributed by atoms with Crippen molar-refractivity contribution in [2.75, 3.05) is 39.3 Å². The number of hydrogen-bond acceptors (Lipinski definition) is 4. The Morgan fingerprint density at radius 2 is 2.00 bits per heavy atom. The van der Waals surface area contributed by atoms with Crippen LogP contribution in [0.25, 0.3) is 0 Å². The van der Waals surface area contributed by atoms with Gasteiger partial charge in [-0.05, 0) is 18.1 Å². The molecule has 25 heavy (non-hydrogen) atoms. The molecule has 1 aromatic carbocycles. The minimum absolute atomic E-state index is 0.150. The van der Waals surface area contributed by atoms with Crippen molar-refractivity contribution < 1.29 is 9.18 Å². The molecule has 1 aromatic rings. The zero-order valence-electron chi connectivity index (χ0n) is 14.9. The van der Waals surface area contributed by atoms with E-state index >= 15 is 0 Å². The van der Waals surface area contributed by atoms with Crippen molar-refractivity contribution >= 4 is 5.91 Å². The van der Waals surface area contributed by atoms with E-state index in [-0.39, 0.29) is 11.7 Å². The van der Waals surface area contributed by atoms with Gasteiger partial charge in [0.2, 0.25) is 5.91 Å². The van der Waals surface area contributed by atoms with Crippen molar-refractivity contribution in [1.82, 2.24) is 14.7 Å². The molecule has 0 bridgehead atoms. The zero-order valence-corrected chi connectivity index (χ0v) is 14.9. The highest BCUT2D eigenvalue weighted by molar-refractivity contribution is 5.73. The lowest BCUT2D eigenvalue weighted by Crippen LogP contribution is -2.53. The number of amides is 1. The topological polar surface area (TPSA) is 50.6 Å². The van der Waals surface area contributed by atoms with Crippen LogP contribution in [0.5, 0.6) is 0 Å². The van der Waals surface area contributed by atoms with Crippen LogP contribution in [0.15, 0.2) is 18.2 Å². The van der Waals surface area contributed by atoms with E-state index in [2.05, 4.69) is 16.7 Å². The van der Waals surface area contributed by atoms with Gasteiger partial charge in [-0.25, -0.2) is 4.39 Å². The summed E-state index contributed by atoms with van der Waals surface area (Å²) in [6.07, 6.45) is 0. The predicted molar refractivity (Wildman–Crippen MR) is 93.2 cm³/mol. The predicted octanol–water partition coefficient (Wildman–Crippen LogP) is 1.68. The van der Waals surface area contributed by atoms with Gasteiger partial charge in [-0.3, -0.25) is 14.6 Å². The first-order valence-corrected chi connectivity index (χ1v) is 8.88. The minimum Gasteiger partial charge on any atom is -0.340 e. The molecule has 2 fully saturated rings. The molecule has 2 aliphatic heterocycles. The van der Waals surface area contributed by atoms with Crippen LogP contribution in [0.4, 0.5) is 4.39 Å². The van der Waals surface area contributed by atoms with Crippen molar-refractivity contribution in [2.24, 2.45) is 5.92 Å². The Kier molecular flexibility index (Phi) is 5.36. The molecule has 2 heterocycles. The van der Waals surface area contributed by atoms with Crippen LogP contribution < -0.4 is 0 Å². The van der Waals surface area contributed by atoms with E-state index in [0.29, 0.717) is 29.6 Å². The van der Waals surface area contributed by atoms with Gasteiger partial charge in [0.1, 0.15) is 5.82 Å². The van der Waals surface area contributed by atoms with E-state index in [4.69, 9.17) is 5.26 Å². The van der Waals surface area contributed by atoms with Crippen molar-refractivity contribution in [2.45, 2.75) is 26.4 Å². The molecule has 3 rings (SSSR count). The molecule has 0 unspecified atom stereocenters. The maximum atomic E-state index is 14.1. The molecule has 0 aromatic heterocycles. The molecule has 5 nitrogen and oxygen atoms in total. The third kappa shape index (κ3) is 4.00. The van der Waals surface area contributed by atoms with Crippen LogP contribution in [0, 0.1) is 23.1 Å². The normalized spacial score (nSPS) is 25.1. The van der Waals surface area contributed by atoms with E-state index in [1.54, 1.807) is 19.1 Å². The lowest BCUT2D eigenvalue weighted by molar-refractivity contribution is -0.130. The number of nitriles is 1. The van der Waals surface area contributed by atoms with Gasteiger partial charge in [-0.2, -0.15) is 5.26 Å². The number of benzene rings is 1. The fourth-order valence-corrected chi connectivity index (χ4v) is 4.01. The number of carbonyl (C=O) groups excluding carboxylic acids is 1. The van der Waals surface area contributed by atoms with E-state index in [9.17, 15) is 9.18 Å². The van der Waals surface area contributed by atoms with Gasteiger partial charge < -0.3 is 4.90 Å². The molecule has 2 aliphatic rings. The summed E-state index contributed by atoms with van der Waals surface area (Å²) < 4.78 is 14.1. The summed E-state index contributed by atoms with van der Waals surface area (Å²) in [4.78, 5) is 18.1. The van der Waals surface area contributed by atoms with Crippen LogP contribution in [-0.4, -0.2) is 65.9 Å². The smallest absolute Gasteiger partial charge is 0.219 e. The number of rotatable bonds is 3. The Hall–Kier alpha value is -1.97. The third-order valence-corrected chi connectivity index (χ3v) is 5.45. The Bertz CT molecular complexity index is 678. The fraction of sp³-hybridized carbons (Fsp3) is 0.579. The van der Waals surface area contributed by atoms with Crippen molar-refractivity contribution in [3.63, 3.8) is 0 Å². The summed E-state index contributed by atoms with van der Waals surface area (Å²) in [7, 11) is 0. The first-order chi connectivity index (χ1) is 12.0. The molecule has 134 valence electrons. The monoisotopic (exact) mass is 344 g/mol. The number of carbonyl (C=O) groups is 1. The van der Waals surface area contributed by atoms with Gasteiger partial charge in [0.25, 0.3) is 0 Å². The summed E-state index contributed by atoms with van der Waals surface area (Å²) in [5, 5.41) is 8.85. The Balaban J connectivity index is 1.59. The molecule has 0 spiro atoms. The standard InChI is InChI=1S/C19H25FN4O/c1-14-11-22(12-17-4-3-16(10-21)9-18(17)20)13-19(14)24-7-5-23(6-8-24)15(2)25/h3-4,9,14,19H,5-8,11-13H2,1-2H3/t14-,19-/m0/s1. The Morgan fingerprint density at radius 1 is 1.28 bits per heavy atom. The van der Waals surface area contributed by atoms with E-state index < -0.39 is 0 Å². The molecule has 0 radical (unpaired) electrons. The molecule has 0 N–H and O–H groups in total. The van der Waals surface area contributed by atoms with Gasteiger partial charge in [-0.15, -0.1) is 0 Å². The third-order valence-electron chi connectivity index (χ3n) is 5.45. The van der Waals surface area contributed by atoms with Gasteiger partial charge in [-0.1, -0.05) is 13.0 Å². The molecule has 0 aliphatic carbocycles. The lowest BCUT2D eigenvalue weighted by atomic mass is 10.0. The first kappa shape index (κ1) is 17.8. The number of piperazine rings is 1. The van der Waals surface area contributed by atoms with Gasteiger partial charge in [0.05, 0.1) is 11.6 Å². The minimum atomic E-state index is -0.301. The van der Waals surface area contributed by atoms with Gasteiger partial charge in [0.15, 0.2) is 0 Å². The Morgan fingerprint density at radius 3 is 2.60 bits per heavy atom. The van der Waals surface area contributed by atoms with E-state index in [1.807, 2.05) is 11.0 Å². The Labute approximate surface area is 148 Å². The molecule has 0 saturated carbocycles. The van der Waals surface area contributed by atoms with Crippen LogP contribution in [0.3, 0.4) is 0 Å². The second-order valence-corrected chi connectivity index (χ2v) is 7.20. The van der Waals surface area contributed by atoms with Crippen LogP contribution in [0.2, 0.25) is 0 Å². The molecule has 2 atom stereocenters. The quantitative estimate of drug-likeness (QED) is 0.837. The molecule has 2 saturated heterocycles. The highest BCUT2D eigenvalue weighted by Crippen LogP contribution is 2.25. The van der Waals surface area contributed by atoms with Crippen LogP contribution in [-0.2, 0) is 11.3 Å². The maximum absolute atomic E-state index is 14.1. The van der Waals surface area contributed by atoms with Crippen molar-refractivity contribution in [3.8, 4) is 6.07 Å². The summed E-state index contributed by atoms with van der Waals surface area (Å²) in [5.74, 6) is 0.368. The van der Waals surface area contributed by atoms with Crippen LogP contribution >= 0.6 is 0 Å². The van der Waals surface area contributed by atoms with E-state index in [1.165, 1.54) is 6.07 Å². The SMILES string of the molecule is CC(=O)N1CCN([C@H]2CN(Cc3ccc(C#N)cc3F)C[C@@H]2C)CC1. The summed E-state index contributed by atoms with van der Waals surface area (Å²) in [6, 6.07) is 7.13. The lowest BCUT2D eigenvalue weighted by Gasteiger charge is -2.39. The first-order valence-electron chi connectivity index (χ1n) is 8.88. The van der Waals surface area contributed by atoms with Crippen molar-refractivity contribution in [3.05, 3.63) is 35.1 Å². The molecule has 6 heteroatoms. The number of likely N-dealkylation sites (tertiary alicyclic amines) is 1.